The molecule has 2 heterocycles. The minimum Gasteiger partial charge on any atom is -0.508 e. The second-order valence-corrected chi connectivity index (χ2v) is 7.25. The van der Waals surface area contributed by atoms with Gasteiger partial charge in [0.25, 0.3) is 5.56 Å². The number of rotatable bonds is 5. The average Bonchev–Trinajstić information content (AvgIpc) is 3.02. The minimum atomic E-state index is -1.36. The molecule has 0 amide bonds. The molecule has 1 saturated heterocycles. The number of benzene rings is 1. The highest BCUT2D eigenvalue weighted by Crippen LogP contribution is 2.35. The number of aliphatic hydroxyl groups excluding tert-OH is 1. The molecular weight excluding hydrogens is 428 g/mol. The molecule has 0 aliphatic carbocycles. The second kappa shape index (κ2) is 8.85. The number of aromatic hydroxyl groups is 2. The fourth-order valence-corrected chi connectivity index (χ4v) is 3.52. The van der Waals surface area contributed by atoms with E-state index >= 15 is 0 Å². The van der Waals surface area contributed by atoms with Gasteiger partial charge in [-0.1, -0.05) is 0 Å². The van der Waals surface area contributed by atoms with E-state index in [0.29, 0.717) is 0 Å². The fourth-order valence-electron chi connectivity index (χ4n) is 3.52. The summed E-state index contributed by atoms with van der Waals surface area (Å²) in [7, 11) is 1.24. The number of ether oxygens (including phenoxy) is 3. The first kappa shape index (κ1) is 23.0. The summed E-state index contributed by atoms with van der Waals surface area (Å²) in [6, 6.07) is 3.29. The van der Waals surface area contributed by atoms with E-state index in [0.717, 1.165) is 34.4 Å². The molecule has 0 spiro atoms. The molecular formula is C20H22N2O10. The van der Waals surface area contributed by atoms with E-state index in [2.05, 4.69) is 0 Å². The zero-order valence-corrected chi connectivity index (χ0v) is 17.4. The van der Waals surface area contributed by atoms with Gasteiger partial charge in [0.15, 0.2) is 18.4 Å². The van der Waals surface area contributed by atoms with Crippen molar-refractivity contribution >= 4 is 11.9 Å². The van der Waals surface area contributed by atoms with Crippen molar-refractivity contribution < 1.29 is 39.1 Å². The van der Waals surface area contributed by atoms with Crippen molar-refractivity contribution in [2.24, 2.45) is 7.05 Å². The molecule has 1 aliphatic rings. The lowest BCUT2D eigenvalue weighted by molar-refractivity contribution is -0.156. The van der Waals surface area contributed by atoms with Crippen molar-refractivity contribution in [1.82, 2.24) is 9.13 Å². The van der Waals surface area contributed by atoms with Crippen LogP contribution in [0.4, 0.5) is 0 Å². The van der Waals surface area contributed by atoms with Crippen molar-refractivity contribution in [2.75, 3.05) is 6.61 Å². The van der Waals surface area contributed by atoms with Crippen molar-refractivity contribution in [3.05, 3.63) is 56.4 Å². The summed E-state index contributed by atoms with van der Waals surface area (Å²) in [5.41, 5.74) is -1.39. The molecule has 32 heavy (non-hydrogen) atoms. The number of aromatic nitrogens is 2. The first-order valence-corrected chi connectivity index (χ1v) is 9.50. The van der Waals surface area contributed by atoms with Crippen LogP contribution in [-0.2, 0) is 26.1 Å². The Morgan fingerprint density at radius 3 is 2.44 bits per heavy atom. The maximum absolute atomic E-state index is 12.8. The molecule has 0 saturated carbocycles. The van der Waals surface area contributed by atoms with Crippen LogP contribution >= 0.6 is 0 Å². The molecule has 0 bridgehead atoms. The second-order valence-electron chi connectivity index (χ2n) is 7.25. The predicted octanol–water partition coefficient (Wildman–Crippen LogP) is -0.686. The molecule has 1 fully saturated rings. The van der Waals surface area contributed by atoms with Gasteiger partial charge in [-0.2, -0.15) is 0 Å². The van der Waals surface area contributed by atoms with Gasteiger partial charge in [-0.3, -0.25) is 18.7 Å². The molecule has 12 nitrogen and oxygen atoms in total. The molecule has 3 rings (SSSR count). The quantitative estimate of drug-likeness (QED) is 0.496. The van der Waals surface area contributed by atoms with E-state index in [4.69, 9.17) is 14.2 Å². The van der Waals surface area contributed by atoms with E-state index in [1.165, 1.54) is 20.0 Å². The van der Waals surface area contributed by atoms with Crippen LogP contribution in [0.2, 0.25) is 0 Å². The number of esters is 2. The molecule has 0 unspecified atom stereocenters. The van der Waals surface area contributed by atoms with Gasteiger partial charge in [0.2, 0.25) is 0 Å². The Morgan fingerprint density at radius 1 is 1.16 bits per heavy atom. The van der Waals surface area contributed by atoms with Crippen LogP contribution < -0.4 is 11.2 Å². The molecule has 3 N–H and O–H groups in total. The maximum Gasteiger partial charge on any atom is 0.342 e. The Hall–Kier alpha value is -3.64. The van der Waals surface area contributed by atoms with Gasteiger partial charge >= 0.3 is 17.6 Å². The summed E-state index contributed by atoms with van der Waals surface area (Å²) < 4.78 is 18.1. The number of phenolic OH excluding ortho intramolecular Hbond substituents is 2. The Kier molecular flexibility index (Phi) is 6.37. The molecule has 4 atom stereocenters. The number of carbonyl (C=O) groups excluding carboxylic acids is 2. The van der Waals surface area contributed by atoms with Gasteiger partial charge in [-0.15, -0.1) is 0 Å². The van der Waals surface area contributed by atoms with Crippen LogP contribution in [0.1, 0.15) is 29.1 Å². The fraction of sp³-hybridized carbons (Fsp3) is 0.400. The number of carbonyl (C=O) groups is 2. The Bertz CT molecular complexity index is 1140. The van der Waals surface area contributed by atoms with Gasteiger partial charge in [0.05, 0.1) is 6.61 Å². The van der Waals surface area contributed by atoms with Crippen molar-refractivity contribution in [2.45, 2.75) is 38.4 Å². The molecule has 2 aromatic rings. The molecule has 1 aromatic carbocycles. The summed E-state index contributed by atoms with van der Waals surface area (Å²) in [6.07, 6.45) is -4.10. The first-order valence-electron chi connectivity index (χ1n) is 9.50. The van der Waals surface area contributed by atoms with Gasteiger partial charge in [0.1, 0.15) is 23.2 Å². The highest BCUT2D eigenvalue weighted by molar-refractivity contribution is 5.94. The third kappa shape index (κ3) is 4.22. The summed E-state index contributed by atoms with van der Waals surface area (Å²) in [5.74, 6) is -2.61. The van der Waals surface area contributed by atoms with Crippen molar-refractivity contribution in [3.8, 4) is 11.5 Å². The van der Waals surface area contributed by atoms with E-state index in [-0.39, 0.29) is 16.9 Å². The van der Waals surface area contributed by atoms with E-state index in [1.54, 1.807) is 0 Å². The predicted molar refractivity (Wildman–Crippen MR) is 106 cm³/mol. The van der Waals surface area contributed by atoms with Crippen LogP contribution in [-0.4, -0.2) is 61.3 Å². The summed E-state index contributed by atoms with van der Waals surface area (Å²) in [5, 5.41) is 29.4. The topological polar surface area (TPSA) is 167 Å². The monoisotopic (exact) mass is 450 g/mol. The highest BCUT2D eigenvalue weighted by atomic mass is 16.6. The van der Waals surface area contributed by atoms with Gasteiger partial charge < -0.3 is 29.5 Å². The zero-order chi connectivity index (χ0) is 23.7. The van der Waals surface area contributed by atoms with Gasteiger partial charge in [-0.05, 0) is 18.6 Å². The lowest BCUT2D eigenvalue weighted by atomic mass is 10.1. The zero-order valence-electron chi connectivity index (χ0n) is 17.4. The number of hydrogen-bond donors (Lipinski definition) is 3. The standard InChI is InChI=1S/C20H22N2O10/c1-9-6-11(25)7-12(26)15(9)19(28)32-16-13(8-23)31-18(17(16)30-10(2)24)22-5-4-14(27)21(3)20(22)29/h4-7,13,16-18,23,25-26H,8H2,1-3H3/t13-,16-,17-,18-/m1/s1. The van der Waals surface area contributed by atoms with Gasteiger partial charge in [-0.25, -0.2) is 9.59 Å². The van der Waals surface area contributed by atoms with Crippen LogP contribution in [0.25, 0.3) is 0 Å². The van der Waals surface area contributed by atoms with Crippen LogP contribution in [0.3, 0.4) is 0 Å². The summed E-state index contributed by atoms with van der Waals surface area (Å²) in [6.45, 7) is 1.90. The maximum atomic E-state index is 12.8. The van der Waals surface area contributed by atoms with Crippen molar-refractivity contribution in [1.29, 1.82) is 0 Å². The minimum absolute atomic E-state index is 0.210. The van der Waals surface area contributed by atoms with Crippen LogP contribution in [0.15, 0.2) is 34.0 Å². The molecule has 172 valence electrons. The van der Waals surface area contributed by atoms with Gasteiger partial charge in [0, 0.05) is 32.3 Å². The average molecular weight is 450 g/mol. The SMILES string of the molecule is CC(=O)O[C@@H]1[C@H](OC(=O)c2c(C)cc(O)cc2O)[C@@H](CO)O[C@H]1n1ccc(=O)n(C)c1=O. The Balaban J connectivity index is 2.01. The third-order valence-corrected chi connectivity index (χ3v) is 5.00. The normalized spacial score (nSPS) is 22.5. The summed E-state index contributed by atoms with van der Waals surface area (Å²) >= 11 is 0. The lowest BCUT2D eigenvalue weighted by Gasteiger charge is -2.24. The Labute approximate surface area is 180 Å². The number of phenols is 2. The van der Waals surface area contributed by atoms with E-state index in [9.17, 15) is 34.5 Å². The number of aliphatic hydroxyl groups is 1. The van der Waals surface area contributed by atoms with E-state index in [1.807, 2.05) is 0 Å². The third-order valence-electron chi connectivity index (χ3n) is 5.00. The first-order chi connectivity index (χ1) is 15.0. The smallest absolute Gasteiger partial charge is 0.342 e. The lowest BCUT2D eigenvalue weighted by Crippen LogP contribution is -2.44. The Morgan fingerprint density at radius 2 is 1.84 bits per heavy atom. The highest BCUT2D eigenvalue weighted by Gasteiger charge is 2.50. The van der Waals surface area contributed by atoms with E-state index < -0.39 is 60.1 Å². The molecule has 1 aliphatic heterocycles. The number of aryl methyl sites for hydroxylation is 1. The molecule has 0 radical (unpaired) electrons. The summed E-state index contributed by atoms with van der Waals surface area (Å²) in [4.78, 5) is 48.8. The van der Waals surface area contributed by atoms with Crippen LogP contribution in [0.5, 0.6) is 11.5 Å². The van der Waals surface area contributed by atoms with Crippen molar-refractivity contribution in [3.63, 3.8) is 0 Å². The molecule has 12 heteroatoms. The molecule has 1 aromatic heterocycles. The van der Waals surface area contributed by atoms with Crippen LogP contribution in [0, 0.1) is 6.92 Å². The number of nitrogens with zero attached hydrogens (tertiary/aromatic N) is 2. The largest absolute Gasteiger partial charge is 0.508 e. The number of hydrogen-bond acceptors (Lipinski definition) is 10.